The number of hydrogen-bond donors (Lipinski definition) is 1. The highest BCUT2D eigenvalue weighted by molar-refractivity contribution is 5.17. The third-order valence-electron chi connectivity index (χ3n) is 3.59. The first-order chi connectivity index (χ1) is 8.36. The van der Waals surface area contributed by atoms with E-state index in [9.17, 15) is 4.79 Å². The van der Waals surface area contributed by atoms with Crippen LogP contribution in [-0.4, -0.2) is 10.2 Å². The van der Waals surface area contributed by atoms with Crippen molar-refractivity contribution in [3.63, 3.8) is 0 Å². The van der Waals surface area contributed by atoms with Gasteiger partial charge in [-0.3, -0.25) is 4.79 Å². The van der Waals surface area contributed by atoms with E-state index in [4.69, 9.17) is 0 Å². The fourth-order valence-electron chi connectivity index (χ4n) is 2.57. The summed E-state index contributed by atoms with van der Waals surface area (Å²) in [7, 11) is 0. The number of hydrogen-bond acceptors (Lipinski definition) is 2. The molecule has 0 saturated carbocycles. The summed E-state index contributed by atoms with van der Waals surface area (Å²) in [6.07, 6.45) is 12.5. The van der Waals surface area contributed by atoms with Crippen LogP contribution < -0.4 is 5.56 Å². The van der Waals surface area contributed by atoms with E-state index in [0.29, 0.717) is 0 Å². The minimum atomic E-state index is -0.0594. The minimum Gasteiger partial charge on any atom is -0.268 e. The summed E-state index contributed by atoms with van der Waals surface area (Å²) in [4.78, 5) is 11.3. The zero-order valence-corrected chi connectivity index (χ0v) is 10.5. The Labute approximate surface area is 103 Å². The van der Waals surface area contributed by atoms with Crippen molar-refractivity contribution in [3.8, 4) is 0 Å². The zero-order chi connectivity index (χ0) is 11.9. The highest BCUT2D eigenvalue weighted by Gasteiger charge is 2.06. The van der Waals surface area contributed by atoms with Crippen LogP contribution in [0.3, 0.4) is 0 Å². The van der Waals surface area contributed by atoms with E-state index in [1.807, 2.05) is 0 Å². The van der Waals surface area contributed by atoms with Crippen LogP contribution in [0.15, 0.2) is 10.9 Å². The maximum absolute atomic E-state index is 11.3. The second-order valence-corrected chi connectivity index (χ2v) is 5.03. The van der Waals surface area contributed by atoms with Gasteiger partial charge in [0.05, 0.1) is 5.69 Å². The highest BCUT2D eigenvalue weighted by atomic mass is 16.1. The average molecular weight is 234 g/mol. The fourth-order valence-corrected chi connectivity index (χ4v) is 2.57. The standard InChI is InChI=1S/C14H22N2O/c17-14-11-12-9-7-5-3-1-2-4-6-8-10-13(12)15-16-14/h11H,1-10H2,(H,16,17). The quantitative estimate of drug-likeness (QED) is 0.750. The van der Waals surface area contributed by atoms with Crippen LogP contribution >= 0.6 is 0 Å². The number of H-pyrrole nitrogens is 1. The van der Waals surface area contributed by atoms with Gasteiger partial charge >= 0.3 is 0 Å². The molecule has 1 aliphatic rings. The van der Waals surface area contributed by atoms with E-state index < -0.39 is 0 Å². The van der Waals surface area contributed by atoms with Crippen molar-refractivity contribution >= 4 is 0 Å². The third kappa shape index (κ3) is 3.99. The minimum absolute atomic E-state index is 0.0594. The molecule has 1 aliphatic carbocycles. The van der Waals surface area contributed by atoms with Crippen LogP contribution in [-0.2, 0) is 12.8 Å². The summed E-state index contributed by atoms with van der Waals surface area (Å²) in [5.41, 5.74) is 2.23. The van der Waals surface area contributed by atoms with Crippen LogP contribution in [0.5, 0.6) is 0 Å². The van der Waals surface area contributed by atoms with E-state index in [1.165, 1.54) is 56.9 Å². The number of rotatable bonds is 0. The van der Waals surface area contributed by atoms with Gasteiger partial charge in [0.2, 0.25) is 0 Å². The Morgan fingerprint density at radius 1 is 0.882 bits per heavy atom. The molecular weight excluding hydrogens is 212 g/mol. The Bertz CT molecular complexity index is 397. The summed E-state index contributed by atoms with van der Waals surface area (Å²) in [6, 6.07) is 1.74. The van der Waals surface area contributed by atoms with Crippen molar-refractivity contribution in [2.45, 2.75) is 64.2 Å². The first kappa shape index (κ1) is 12.3. The molecule has 17 heavy (non-hydrogen) atoms. The summed E-state index contributed by atoms with van der Waals surface area (Å²) in [6.45, 7) is 0. The van der Waals surface area contributed by atoms with Crippen LogP contribution in [0.2, 0.25) is 0 Å². The first-order valence-corrected chi connectivity index (χ1v) is 6.94. The van der Waals surface area contributed by atoms with E-state index in [-0.39, 0.29) is 5.56 Å². The SMILES string of the molecule is O=c1cc2c(n[nH]1)CCCCCCCCCC2. The molecule has 0 aromatic carbocycles. The van der Waals surface area contributed by atoms with Gasteiger partial charge in [0.15, 0.2) is 0 Å². The lowest BCUT2D eigenvalue weighted by Gasteiger charge is -2.09. The van der Waals surface area contributed by atoms with Crippen molar-refractivity contribution in [2.24, 2.45) is 0 Å². The molecule has 0 fully saturated rings. The Hall–Kier alpha value is -1.12. The number of aromatic amines is 1. The largest absolute Gasteiger partial charge is 0.268 e. The summed E-state index contributed by atoms with van der Waals surface area (Å²) >= 11 is 0. The normalized spacial score (nSPS) is 18.8. The smallest absolute Gasteiger partial charge is 0.264 e. The van der Waals surface area contributed by atoms with Gasteiger partial charge in [-0.1, -0.05) is 38.5 Å². The lowest BCUT2D eigenvalue weighted by atomic mass is 9.99. The van der Waals surface area contributed by atoms with Crippen molar-refractivity contribution in [3.05, 3.63) is 27.7 Å². The van der Waals surface area contributed by atoms with Gasteiger partial charge in [0.1, 0.15) is 0 Å². The van der Waals surface area contributed by atoms with Crippen LogP contribution in [0.4, 0.5) is 0 Å². The van der Waals surface area contributed by atoms with Crippen molar-refractivity contribution in [1.82, 2.24) is 10.2 Å². The highest BCUT2D eigenvalue weighted by Crippen LogP contribution is 2.16. The first-order valence-electron chi connectivity index (χ1n) is 6.94. The second kappa shape index (κ2) is 6.58. The number of fused-ring (bicyclic) bond motifs is 1. The number of nitrogens with zero attached hydrogens (tertiary/aromatic N) is 1. The molecular formula is C14H22N2O. The molecule has 0 spiro atoms. The van der Waals surface area contributed by atoms with Crippen LogP contribution in [0, 0.1) is 0 Å². The summed E-state index contributed by atoms with van der Waals surface area (Å²) in [5.74, 6) is 0. The molecule has 0 radical (unpaired) electrons. The molecule has 94 valence electrons. The molecule has 3 nitrogen and oxygen atoms in total. The lowest BCUT2D eigenvalue weighted by molar-refractivity contribution is 0.555. The maximum atomic E-state index is 11.3. The van der Waals surface area contributed by atoms with Gasteiger partial charge in [0.25, 0.3) is 5.56 Å². The molecule has 3 heteroatoms. The van der Waals surface area contributed by atoms with Gasteiger partial charge in [-0.2, -0.15) is 5.10 Å². The molecule has 0 saturated heterocycles. The Morgan fingerprint density at radius 2 is 1.47 bits per heavy atom. The molecule has 0 unspecified atom stereocenters. The number of aryl methyl sites for hydroxylation is 2. The summed E-state index contributed by atoms with van der Waals surface area (Å²) in [5, 5.41) is 6.78. The van der Waals surface area contributed by atoms with Gasteiger partial charge < -0.3 is 0 Å². The monoisotopic (exact) mass is 234 g/mol. The van der Waals surface area contributed by atoms with Gasteiger partial charge in [0, 0.05) is 6.07 Å². The van der Waals surface area contributed by atoms with Gasteiger partial charge in [-0.25, -0.2) is 5.10 Å². The van der Waals surface area contributed by atoms with E-state index >= 15 is 0 Å². The van der Waals surface area contributed by atoms with E-state index in [2.05, 4.69) is 10.2 Å². The fraction of sp³-hybridized carbons (Fsp3) is 0.714. The van der Waals surface area contributed by atoms with E-state index in [0.717, 1.165) is 18.5 Å². The lowest BCUT2D eigenvalue weighted by Crippen LogP contribution is -2.12. The number of aromatic nitrogens is 2. The van der Waals surface area contributed by atoms with Gasteiger partial charge in [-0.05, 0) is 31.2 Å². The molecule has 2 rings (SSSR count). The van der Waals surface area contributed by atoms with Crippen molar-refractivity contribution < 1.29 is 0 Å². The molecule has 1 N–H and O–H groups in total. The molecule has 1 aromatic rings. The second-order valence-electron chi connectivity index (χ2n) is 5.03. The average Bonchev–Trinajstić information content (AvgIpc) is 2.31. The zero-order valence-electron chi connectivity index (χ0n) is 10.5. The third-order valence-corrected chi connectivity index (χ3v) is 3.59. The Balaban J connectivity index is 2.08. The molecule has 1 heterocycles. The van der Waals surface area contributed by atoms with Gasteiger partial charge in [-0.15, -0.1) is 0 Å². The topological polar surface area (TPSA) is 45.8 Å². The predicted octanol–water partition coefficient (Wildman–Crippen LogP) is 2.99. The van der Waals surface area contributed by atoms with Crippen molar-refractivity contribution in [1.29, 1.82) is 0 Å². The molecule has 0 amide bonds. The van der Waals surface area contributed by atoms with Crippen LogP contribution in [0.25, 0.3) is 0 Å². The van der Waals surface area contributed by atoms with Crippen LogP contribution in [0.1, 0.15) is 62.6 Å². The van der Waals surface area contributed by atoms with E-state index in [1.54, 1.807) is 6.07 Å². The summed E-state index contributed by atoms with van der Waals surface area (Å²) < 4.78 is 0. The molecule has 0 atom stereocenters. The van der Waals surface area contributed by atoms with Crippen molar-refractivity contribution in [2.75, 3.05) is 0 Å². The Morgan fingerprint density at radius 3 is 2.18 bits per heavy atom. The predicted molar refractivity (Wildman–Crippen MR) is 69.2 cm³/mol. The molecule has 0 aliphatic heterocycles. The maximum Gasteiger partial charge on any atom is 0.264 e. The molecule has 0 bridgehead atoms. The molecule has 1 aromatic heterocycles. The number of nitrogens with one attached hydrogen (secondary N) is 1. The Kier molecular flexibility index (Phi) is 4.77.